The lowest BCUT2D eigenvalue weighted by Gasteiger charge is -2.19. The van der Waals surface area contributed by atoms with Crippen LogP contribution in [0.15, 0.2) is 48.5 Å². The van der Waals surface area contributed by atoms with Gasteiger partial charge in [-0.2, -0.15) is 0 Å². The Labute approximate surface area is 183 Å². The SMILES string of the molecule is CC(C)(C)OC(=O)NCCCCCCNC(=O)c1c2ccccc2nc2ccccc12. The normalized spacial score (nSPS) is 11.5. The molecule has 0 aliphatic carbocycles. The molecule has 2 amide bonds. The van der Waals surface area contributed by atoms with Crippen LogP contribution >= 0.6 is 0 Å². The van der Waals surface area contributed by atoms with Gasteiger partial charge in [-0.15, -0.1) is 0 Å². The first kappa shape index (κ1) is 22.5. The summed E-state index contributed by atoms with van der Waals surface area (Å²) >= 11 is 0. The van der Waals surface area contributed by atoms with Gasteiger partial charge in [-0.25, -0.2) is 9.78 Å². The summed E-state index contributed by atoms with van der Waals surface area (Å²) in [5, 5.41) is 7.56. The third-order valence-corrected chi connectivity index (χ3v) is 4.87. The number of hydrogen-bond donors (Lipinski definition) is 2. The minimum Gasteiger partial charge on any atom is -0.444 e. The third-order valence-electron chi connectivity index (χ3n) is 4.87. The molecule has 0 radical (unpaired) electrons. The topological polar surface area (TPSA) is 80.3 Å². The van der Waals surface area contributed by atoms with Crippen LogP contribution in [0.3, 0.4) is 0 Å². The van der Waals surface area contributed by atoms with E-state index in [9.17, 15) is 9.59 Å². The molecule has 0 bridgehead atoms. The quantitative estimate of drug-likeness (QED) is 0.387. The zero-order valence-electron chi connectivity index (χ0n) is 18.5. The van der Waals surface area contributed by atoms with Crippen LogP contribution in [-0.4, -0.2) is 35.7 Å². The number of pyridine rings is 1. The maximum Gasteiger partial charge on any atom is 0.407 e. The number of aromatic nitrogens is 1. The van der Waals surface area contributed by atoms with Crippen LogP contribution in [0.5, 0.6) is 0 Å². The van der Waals surface area contributed by atoms with Gasteiger partial charge in [-0.1, -0.05) is 49.2 Å². The first-order valence-electron chi connectivity index (χ1n) is 10.9. The second kappa shape index (κ2) is 10.2. The Bertz CT molecular complexity index is 1000. The summed E-state index contributed by atoms with van der Waals surface area (Å²) in [6.07, 6.45) is 3.35. The van der Waals surface area contributed by atoms with Crippen molar-refractivity contribution in [1.29, 1.82) is 0 Å². The van der Waals surface area contributed by atoms with Crippen LogP contribution < -0.4 is 10.6 Å². The Hall–Kier alpha value is -3.15. The van der Waals surface area contributed by atoms with Crippen molar-refractivity contribution in [3.63, 3.8) is 0 Å². The van der Waals surface area contributed by atoms with E-state index < -0.39 is 5.60 Å². The molecule has 0 saturated carbocycles. The summed E-state index contributed by atoms with van der Waals surface area (Å²) in [6, 6.07) is 15.5. The highest BCUT2D eigenvalue weighted by Gasteiger charge is 2.16. The van der Waals surface area contributed by atoms with E-state index >= 15 is 0 Å². The van der Waals surface area contributed by atoms with Crippen molar-refractivity contribution < 1.29 is 14.3 Å². The van der Waals surface area contributed by atoms with Crippen LogP contribution in [0.1, 0.15) is 56.8 Å². The lowest BCUT2D eigenvalue weighted by atomic mass is 10.0. The number of hydrogen-bond acceptors (Lipinski definition) is 4. The Morgan fingerprint density at radius 3 is 1.87 bits per heavy atom. The Morgan fingerprint density at radius 2 is 1.32 bits per heavy atom. The predicted octanol–water partition coefficient (Wildman–Crippen LogP) is 5.20. The van der Waals surface area contributed by atoms with Crippen LogP contribution in [-0.2, 0) is 4.74 Å². The summed E-state index contributed by atoms with van der Waals surface area (Å²) in [6.45, 7) is 6.74. The number of alkyl carbamates (subject to hydrolysis) is 1. The number of para-hydroxylation sites is 2. The molecular weight excluding hydrogens is 390 g/mol. The van der Waals surface area contributed by atoms with Gasteiger partial charge in [0.25, 0.3) is 5.91 Å². The third kappa shape index (κ3) is 6.41. The zero-order chi connectivity index (χ0) is 22.3. The van der Waals surface area contributed by atoms with E-state index in [-0.39, 0.29) is 12.0 Å². The molecule has 2 aromatic carbocycles. The van der Waals surface area contributed by atoms with E-state index in [0.29, 0.717) is 18.7 Å². The number of nitrogens with one attached hydrogen (secondary N) is 2. The number of unbranched alkanes of at least 4 members (excludes halogenated alkanes) is 3. The van der Waals surface area contributed by atoms with Gasteiger partial charge in [0.15, 0.2) is 0 Å². The molecule has 1 heterocycles. The Balaban J connectivity index is 1.46. The highest BCUT2D eigenvalue weighted by molar-refractivity contribution is 6.16. The molecule has 164 valence electrons. The molecule has 1 aromatic heterocycles. The summed E-state index contributed by atoms with van der Waals surface area (Å²) in [7, 11) is 0. The number of ether oxygens (including phenoxy) is 1. The van der Waals surface area contributed by atoms with Crippen LogP contribution in [0.25, 0.3) is 21.8 Å². The average molecular weight is 422 g/mol. The largest absolute Gasteiger partial charge is 0.444 e. The first-order valence-corrected chi connectivity index (χ1v) is 10.9. The van der Waals surface area contributed by atoms with Gasteiger partial charge >= 0.3 is 6.09 Å². The summed E-state index contributed by atoms with van der Waals surface area (Å²) in [4.78, 5) is 29.3. The van der Waals surface area contributed by atoms with Gasteiger partial charge in [0, 0.05) is 23.9 Å². The first-order chi connectivity index (χ1) is 14.8. The number of carbonyl (C=O) groups excluding carboxylic acids is 2. The van der Waals surface area contributed by atoms with Crippen molar-refractivity contribution >= 4 is 33.8 Å². The van der Waals surface area contributed by atoms with Gasteiger partial charge in [0.2, 0.25) is 0 Å². The molecule has 6 heteroatoms. The van der Waals surface area contributed by atoms with E-state index in [2.05, 4.69) is 15.6 Å². The van der Waals surface area contributed by atoms with Crippen molar-refractivity contribution in [3.05, 3.63) is 54.1 Å². The van der Waals surface area contributed by atoms with E-state index in [1.165, 1.54) is 0 Å². The maximum absolute atomic E-state index is 13.0. The minimum absolute atomic E-state index is 0.0682. The number of fused-ring (bicyclic) bond motifs is 2. The number of rotatable bonds is 8. The molecule has 3 aromatic rings. The second-order valence-electron chi connectivity index (χ2n) is 8.62. The molecule has 0 saturated heterocycles. The fourth-order valence-electron chi connectivity index (χ4n) is 3.48. The summed E-state index contributed by atoms with van der Waals surface area (Å²) in [5.41, 5.74) is 1.85. The van der Waals surface area contributed by atoms with Crippen molar-refractivity contribution in [3.8, 4) is 0 Å². The number of benzene rings is 2. The van der Waals surface area contributed by atoms with Crippen molar-refractivity contribution in [1.82, 2.24) is 15.6 Å². The number of amides is 2. The molecule has 0 unspecified atom stereocenters. The van der Waals surface area contributed by atoms with Crippen molar-refractivity contribution in [2.75, 3.05) is 13.1 Å². The summed E-state index contributed by atoms with van der Waals surface area (Å²) in [5.74, 6) is -0.0682. The number of carbonyl (C=O) groups is 2. The molecule has 0 spiro atoms. The number of nitrogens with zero attached hydrogens (tertiary/aromatic N) is 1. The lowest BCUT2D eigenvalue weighted by Crippen LogP contribution is -2.33. The van der Waals surface area contributed by atoms with E-state index in [1.807, 2.05) is 69.3 Å². The molecule has 0 fully saturated rings. The highest BCUT2D eigenvalue weighted by atomic mass is 16.6. The minimum atomic E-state index is -0.478. The molecule has 0 aliphatic heterocycles. The smallest absolute Gasteiger partial charge is 0.407 e. The van der Waals surface area contributed by atoms with Crippen LogP contribution in [0, 0.1) is 0 Å². The molecule has 6 nitrogen and oxygen atoms in total. The van der Waals surface area contributed by atoms with Gasteiger partial charge in [-0.3, -0.25) is 4.79 Å². The van der Waals surface area contributed by atoms with Gasteiger partial charge in [0.05, 0.1) is 16.6 Å². The average Bonchev–Trinajstić information content (AvgIpc) is 2.72. The molecule has 0 aliphatic rings. The molecule has 31 heavy (non-hydrogen) atoms. The highest BCUT2D eigenvalue weighted by Crippen LogP contribution is 2.25. The predicted molar refractivity (Wildman–Crippen MR) is 124 cm³/mol. The molecular formula is C25H31N3O3. The van der Waals surface area contributed by atoms with E-state index in [4.69, 9.17) is 4.74 Å². The fraction of sp³-hybridized carbons (Fsp3) is 0.400. The maximum atomic E-state index is 13.0. The second-order valence-corrected chi connectivity index (χ2v) is 8.62. The van der Waals surface area contributed by atoms with Gasteiger partial charge in [0.1, 0.15) is 5.60 Å². The monoisotopic (exact) mass is 421 g/mol. The van der Waals surface area contributed by atoms with Gasteiger partial charge in [-0.05, 0) is 45.7 Å². The van der Waals surface area contributed by atoms with Gasteiger partial charge < -0.3 is 15.4 Å². The molecule has 2 N–H and O–H groups in total. The Morgan fingerprint density at radius 1 is 0.806 bits per heavy atom. The fourth-order valence-corrected chi connectivity index (χ4v) is 3.48. The van der Waals surface area contributed by atoms with Crippen LogP contribution in [0.4, 0.5) is 4.79 Å². The van der Waals surface area contributed by atoms with E-state index in [0.717, 1.165) is 47.5 Å². The Kier molecular flexibility index (Phi) is 7.45. The molecule has 3 rings (SSSR count). The van der Waals surface area contributed by atoms with Crippen molar-refractivity contribution in [2.24, 2.45) is 0 Å². The van der Waals surface area contributed by atoms with Crippen molar-refractivity contribution in [2.45, 2.75) is 52.1 Å². The standard InChI is InChI=1S/C25H31N3O3/c1-25(2,3)31-24(30)27-17-11-5-4-10-16-26-23(29)22-18-12-6-8-14-20(18)28-21-15-9-7-13-19(21)22/h6-9,12-15H,4-5,10-11,16-17H2,1-3H3,(H,26,29)(H,27,30). The van der Waals surface area contributed by atoms with Crippen LogP contribution in [0.2, 0.25) is 0 Å². The zero-order valence-corrected chi connectivity index (χ0v) is 18.5. The van der Waals surface area contributed by atoms with E-state index in [1.54, 1.807) is 0 Å². The lowest BCUT2D eigenvalue weighted by molar-refractivity contribution is 0.0526. The summed E-state index contributed by atoms with van der Waals surface area (Å²) < 4.78 is 5.21. The molecule has 0 atom stereocenters.